The smallest absolute Gasteiger partial charge is 0.306 e. The SMILES string of the molecule is CC(C)CC(CN)CC(=O)OC1CCCCCC1. The highest BCUT2D eigenvalue weighted by molar-refractivity contribution is 5.69. The van der Waals surface area contributed by atoms with Crippen molar-refractivity contribution in [3.05, 3.63) is 0 Å². The highest BCUT2D eigenvalue weighted by atomic mass is 16.5. The molecule has 2 N–H and O–H groups in total. The van der Waals surface area contributed by atoms with Crippen molar-refractivity contribution in [2.24, 2.45) is 17.6 Å². The molecule has 0 aromatic rings. The molecule has 0 radical (unpaired) electrons. The first kappa shape index (κ1) is 15.5. The molecule has 1 aliphatic carbocycles. The summed E-state index contributed by atoms with van der Waals surface area (Å²) in [6, 6.07) is 0. The number of hydrogen-bond donors (Lipinski definition) is 1. The van der Waals surface area contributed by atoms with Gasteiger partial charge in [0.05, 0.1) is 0 Å². The van der Waals surface area contributed by atoms with E-state index < -0.39 is 0 Å². The van der Waals surface area contributed by atoms with Crippen molar-refractivity contribution in [1.82, 2.24) is 0 Å². The lowest BCUT2D eigenvalue weighted by Crippen LogP contribution is -2.24. The first-order chi connectivity index (χ1) is 8.61. The Morgan fingerprint density at radius 1 is 1.22 bits per heavy atom. The minimum absolute atomic E-state index is 0.0435. The molecule has 0 spiro atoms. The normalized spacial score (nSPS) is 19.6. The Morgan fingerprint density at radius 3 is 2.33 bits per heavy atom. The van der Waals surface area contributed by atoms with Crippen molar-refractivity contribution < 1.29 is 9.53 Å². The molecule has 106 valence electrons. The quantitative estimate of drug-likeness (QED) is 0.585. The Labute approximate surface area is 111 Å². The van der Waals surface area contributed by atoms with E-state index in [1.807, 2.05) is 0 Å². The third kappa shape index (κ3) is 6.39. The molecule has 0 saturated heterocycles. The average molecular weight is 255 g/mol. The van der Waals surface area contributed by atoms with Gasteiger partial charge >= 0.3 is 5.97 Å². The fourth-order valence-corrected chi connectivity index (χ4v) is 2.76. The Bertz CT molecular complexity index is 227. The lowest BCUT2D eigenvalue weighted by molar-refractivity contribution is -0.150. The molecule has 0 bridgehead atoms. The average Bonchev–Trinajstić information content (AvgIpc) is 2.56. The monoisotopic (exact) mass is 255 g/mol. The molecule has 1 unspecified atom stereocenters. The summed E-state index contributed by atoms with van der Waals surface area (Å²) in [7, 11) is 0. The van der Waals surface area contributed by atoms with Gasteiger partial charge in [-0.15, -0.1) is 0 Å². The van der Waals surface area contributed by atoms with Crippen molar-refractivity contribution in [3.8, 4) is 0 Å². The van der Waals surface area contributed by atoms with Crippen LogP contribution in [-0.2, 0) is 9.53 Å². The molecular weight excluding hydrogens is 226 g/mol. The molecule has 0 aromatic carbocycles. The first-order valence-electron chi connectivity index (χ1n) is 7.51. The van der Waals surface area contributed by atoms with E-state index in [9.17, 15) is 4.79 Å². The van der Waals surface area contributed by atoms with Gasteiger partial charge in [0, 0.05) is 6.42 Å². The summed E-state index contributed by atoms with van der Waals surface area (Å²) in [5, 5.41) is 0. The minimum atomic E-state index is -0.0435. The van der Waals surface area contributed by atoms with Crippen LogP contribution in [0.4, 0.5) is 0 Å². The summed E-state index contributed by atoms with van der Waals surface area (Å²) < 4.78 is 5.59. The van der Waals surface area contributed by atoms with E-state index >= 15 is 0 Å². The highest BCUT2D eigenvalue weighted by Gasteiger charge is 2.20. The molecular formula is C15H29NO2. The topological polar surface area (TPSA) is 52.3 Å². The fraction of sp³-hybridized carbons (Fsp3) is 0.933. The molecule has 18 heavy (non-hydrogen) atoms. The van der Waals surface area contributed by atoms with Gasteiger partial charge in [-0.1, -0.05) is 26.7 Å². The van der Waals surface area contributed by atoms with Gasteiger partial charge in [-0.05, 0) is 50.5 Å². The summed E-state index contributed by atoms with van der Waals surface area (Å²) >= 11 is 0. The molecule has 1 aliphatic rings. The van der Waals surface area contributed by atoms with E-state index in [0.717, 1.165) is 19.3 Å². The van der Waals surface area contributed by atoms with Crippen LogP contribution in [0.15, 0.2) is 0 Å². The summed E-state index contributed by atoms with van der Waals surface area (Å²) in [4.78, 5) is 11.9. The third-order valence-corrected chi connectivity index (χ3v) is 3.69. The van der Waals surface area contributed by atoms with E-state index in [1.165, 1.54) is 25.7 Å². The summed E-state index contributed by atoms with van der Waals surface area (Å²) in [6.45, 7) is 4.91. The van der Waals surface area contributed by atoms with E-state index in [4.69, 9.17) is 10.5 Å². The van der Waals surface area contributed by atoms with Crippen molar-refractivity contribution in [2.75, 3.05) is 6.54 Å². The Balaban J connectivity index is 2.29. The van der Waals surface area contributed by atoms with Crippen LogP contribution in [0.1, 0.15) is 65.2 Å². The van der Waals surface area contributed by atoms with E-state index in [1.54, 1.807) is 0 Å². The van der Waals surface area contributed by atoms with Crippen LogP contribution in [-0.4, -0.2) is 18.6 Å². The Hall–Kier alpha value is -0.570. The molecule has 1 atom stereocenters. The third-order valence-electron chi connectivity index (χ3n) is 3.69. The van der Waals surface area contributed by atoms with E-state index in [-0.39, 0.29) is 18.0 Å². The van der Waals surface area contributed by atoms with Crippen LogP contribution in [0.3, 0.4) is 0 Å². The number of ether oxygens (including phenoxy) is 1. The van der Waals surface area contributed by atoms with Crippen LogP contribution in [0.5, 0.6) is 0 Å². The Kier molecular flexibility index (Phi) is 7.33. The van der Waals surface area contributed by atoms with Crippen molar-refractivity contribution in [1.29, 1.82) is 0 Å². The standard InChI is InChI=1S/C15H29NO2/c1-12(2)9-13(11-16)10-15(17)18-14-7-5-3-4-6-8-14/h12-14H,3-11,16H2,1-2H3. The maximum absolute atomic E-state index is 11.9. The maximum atomic E-state index is 11.9. The zero-order valence-electron chi connectivity index (χ0n) is 12.0. The predicted octanol–water partition coefficient (Wildman–Crippen LogP) is 3.26. The molecule has 1 saturated carbocycles. The first-order valence-corrected chi connectivity index (χ1v) is 7.51. The molecule has 0 amide bonds. The molecule has 1 rings (SSSR count). The van der Waals surface area contributed by atoms with Crippen molar-refractivity contribution in [3.63, 3.8) is 0 Å². The summed E-state index contributed by atoms with van der Waals surface area (Å²) in [6.07, 6.45) is 8.72. The molecule has 3 heteroatoms. The molecule has 0 heterocycles. The lowest BCUT2D eigenvalue weighted by atomic mass is 9.94. The zero-order chi connectivity index (χ0) is 13.4. The van der Waals surface area contributed by atoms with Crippen molar-refractivity contribution in [2.45, 2.75) is 71.3 Å². The van der Waals surface area contributed by atoms with Crippen LogP contribution in [0.25, 0.3) is 0 Å². The Morgan fingerprint density at radius 2 is 1.83 bits per heavy atom. The summed E-state index contributed by atoms with van der Waals surface area (Å²) in [5.41, 5.74) is 5.72. The van der Waals surface area contributed by atoms with Gasteiger partial charge in [0.15, 0.2) is 0 Å². The largest absolute Gasteiger partial charge is 0.462 e. The van der Waals surface area contributed by atoms with E-state index in [0.29, 0.717) is 18.9 Å². The number of nitrogens with two attached hydrogens (primary N) is 1. The van der Waals surface area contributed by atoms with Gasteiger partial charge in [0.25, 0.3) is 0 Å². The van der Waals surface area contributed by atoms with Gasteiger partial charge < -0.3 is 10.5 Å². The number of hydrogen-bond acceptors (Lipinski definition) is 3. The highest BCUT2D eigenvalue weighted by Crippen LogP contribution is 2.21. The molecule has 0 aliphatic heterocycles. The molecule has 0 aromatic heterocycles. The number of carbonyl (C=O) groups is 1. The second-order valence-corrected chi connectivity index (χ2v) is 6.04. The minimum Gasteiger partial charge on any atom is -0.462 e. The number of esters is 1. The van der Waals surface area contributed by atoms with Gasteiger partial charge in [0.1, 0.15) is 6.10 Å². The number of rotatable bonds is 6. The molecule has 3 nitrogen and oxygen atoms in total. The fourth-order valence-electron chi connectivity index (χ4n) is 2.76. The van der Waals surface area contributed by atoms with E-state index in [2.05, 4.69) is 13.8 Å². The van der Waals surface area contributed by atoms with Crippen LogP contribution >= 0.6 is 0 Å². The van der Waals surface area contributed by atoms with Gasteiger partial charge in [-0.3, -0.25) is 4.79 Å². The maximum Gasteiger partial charge on any atom is 0.306 e. The van der Waals surface area contributed by atoms with Gasteiger partial charge in [-0.2, -0.15) is 0 Å². The molecule has 1 fully saturated rings. The van der Waals surface area contributed by atoms with Crippen molar-refractivity contribution >= 4 is 5.97 Å². The van der Waals surface area contributed by atoms with Crippen LogP contribution in [0.2, 0.25) is 0 Å². The zero-order valence-corrected chi connectivity index (χ0v) is 12.0. The lowest BCUT2D eigenvalue weighted by Gasteiger charge is -2.19. The van der Waals surface area contributed by atoms with Crippen LogP contribution in [0, 0.1) is 11.8 Å². The van der Waals surface area contributed by atoms with Gasteiger partial charge in [0.2, 0.25) is 0 Å². The predicted molar refractivity (Wildman–Crippen MR) is 74.2 cm³/mol. The second kappa shape index (κ2) is 8.52. The second-order valence-electron chi connectivity index (χ2n) is 6.04. The van der Waals surface area contributed by atoms with Crippen LogP contribution < -0.4 is 5.73 Å². The van der Waals surface area contributed by atoms with Gasteiger partial charge in [-0.25, -0.2) is 0 Å². The summed E-state index contributed by atoms with van der Waals surface area (Å²) in [5.74, 6) is 0.825. The number of carbonyl (C=O) groups excluding carboxylic acids is 1.